The van der Waals surface area contributed by atoms with Crippen molar-refractivity contribution in [1.29, 1.82) is 0 Å². The number of ether oxygens (including phenoxy) is 2. The molecule has 0 saturated heterocycles. The number of hydrogen-bond donors (Lipinski definition) is 2. The fraction of sp³-hybridized carbons (Fsp3) is 0.750. The molecule has 0 aromatic rings. The largest absolute Gasteiger partial charge is 0.432 e. The van der Waals surface area contributed by atoms with Gasteiger partial charge in [0.25, 0.3) is 0 Å². The van der Waals surface area contributed by atoms with Crippen molar-refractivity contribution < 1.29 is 14.3 Å². The van der Waals surface area contributed by atoms with E-state index in [0.29, 0.717) is 6.61 Å². The van der Waals surface area contributed by atoms with Crippen molar-refractivity contribution in [3.63, 3.8) is 0 Å². The summed E-state index contributed by atoms with van der Waals surface area (Å²) < 4.78 is 9.91. The number of amides is 1. The van der Waals surface area contributed by atoms with Crippen LogP contribution in [0.2, 0.25) is 0 Å². The highest BCUT2D eigenvalue weighted by Gasteiger charge is 2.04. The highest BCUT2D eigenvalue weighted by atomic mass is 32.2. The summed E-state index contributed by atoms with van der Waals surface area (Å²) in [5.74, 6) is 0. The molecule has 4 nitrogen and oxygen atoms in total. The van der Waals surface area contributed by atoms with Gasteiger partial charge in [-0.3, -0.25) is 0 Å². The topological polar surface area (TPSA) is 38.8 Å². The lowest BCUT2D eigenvalue weighted by atomic mass is 10.9. The molecule has 0 unspecified atom stereocenters. The minimum absolute atomic E-state index is 0.0625. The molecule has 0 N–H and O–H groups in total. The van der Waals surface area contributed by atoms with Crippen LogP contribution in [0.1, 0.15) is 6.92 Å². The van der Waals surface area contributed by atoms with Crippen LogP contribution in [0.4, 0.5) is 4.79 Å². The Kier molecular flexibility index (Phi) is 5.66. The van der Waals surface area contributed by atoms with Crippen molar-refractivity contribution in [3.8, 4) is 0 Å². The van der Waals surface area contributed by atoms with Crippen molar-refractivity contribution in [2.24, 2.45) is 0 Å². The Labute approximate surface area is 70.6 Å². The lowest BCUT2D eigenvalue weighted by Crippen LogP contribution is -2.15. The Hall–Kier alpha value is -0.0700. The molecule has 0 aliphatic carbocycles. The normalized spacial score (nSPS) is 9.10. The fourth-order valence-electron chi connectivity index (χ4n) is 0.233. The lowest BCUT2D eigenvalue weighted by molar-refractivity contribution is -0.0111. The Morgan fingerprint density at radius 1 is 1.60 bits per heavy atom. The number of hydrogen-bond acceptors (Lipinski definition) is 5. The SMILES string of the molecule is CCOCOC(=O)N(S)S. The zero-order chi connectivity index (χ0) is 7.98. The molecule has 1 amide bonds. The molecule has 0 aliphatic heterocycles. The van der Waals surface area contributed by atoms with Gasteiger partial charge in [-0.25, -0.2) is 4.79 Å². The van der Waals surface area contributed by atoms with Crippen LogP contribution in [-0.2, 0) is 9.47 Å². The highest BCUT2D eigenvalue weighted by molar-refractivity contribution is 7.94. The van der Waals surface area contributed by atoms with Gasteiger partial charge in [0.1, 0.15) is 0 Å². The van der Waals surface area contributed by atoms with Crippen molar-refractivity contribution in [2.45, 2.75) is 6.92 Å². The average molecular weight is 183 g/mol. The third kappa shape index (κ3) is 4.78. The Morgan fingerprint density at radius 3 is 2.60 bits per heavy atom. The third-order valence-corrected chi connectivity index (χ3v) is 0.960. The van der Waals surface area contributed by atoms with E-state index in [4.69, 9.17) is 4.74 Å². The zero-order valence-corrected chi connectivity index (χ0v) is 7.27. The summed E-state index contributed by atoms with van der Waals surface area (Å²) in [6, 6.07) is 0. The predicted octanol–water partition coefficient (Wildman–Crippen LogP) is 1.11. The van der Waals surface area contributed by atoms with Crippen LogP contribution in [0.15, 0.2) is 0 Å². The summed E-state index contributed by atoms with van der Waals surface area (Å²) in [6.45, 7) is 2.24. The van der Waals surface area contributed by atoms with E-state index in [1.54, 1.807) is 6.92 Å². The molecule has 6 heteroatoms. The Bertz CT molecular complexity index is 109. The molecule has 0 heterocycles. The third-order valence-electron chi connectivity index (χ3n) is 0.633. The van der Waals surface area contributed by atoms with E-state index in [9.17, 15) is 4.79 Å². The predicted molar refractivity (Wildman–Crippen MR) is 42.8 cm³/mol. The van der Waals surface area contributed by atoms with Crippen LogP contribution in [0.5, 0.6) is 0 Å². The van der Waals surface area contributed by atoms with Crippen LogP contribution in [0, 0.1) is 0 Å². The molecule has 0 spiro atoms. The van der Waals surface area contributed by atoms with Gasteiger partial charge < -0.3 is 9.47 Å². The van der Waals surface area contributed by atoms with Gasteiger partial charge in [-0.05, 0) is 32.6 Å². The Balaban J connectivity index is 3.22. The minimum Gasteiger partial charge on any atom is -0.421 e. The maximum absolute atomic E-state index is 10.5. The van der Waals surface area contributed by atoms with Crippen molar-refractivity contribution in [3.05, 3.63) is 0 Å². The lowest BCUT2D eigenvalue weighted by Gasteiger charge is -2.07. The molecule has 60 valence electrons. The number of carbonyl (C=O) groups excluding carboxylic acids is 1. The second kappa shape index (κ2) is 5.70. The molecular formula is C4H9NO3S2. The molecular weight excluding hydrogens is 174 g/mol. The van der Waals surface area contributed by atoms with Gasteiger partial charge in [-0.1, -0.05) is 0 Å². The molecule has 0 aromatic heterocycles. The molecule has 0 saturated carbocycles. The van der Waals surface area contributed by atoms with Gasteiger partial charge in [-0.15, -0.1) is 0 Å². The van der Waals surface area contributed by atoms with Crippen LogP contribution in [0.25, 0.3) is 0 Å². The van der Waals surface area contributed by atoms with E-state index < -0.39 is 6.09 Å². The maximum Gasteiger partial charge on any atom is 0.432 e. The van der Waals surface area contributed by atoms with E-state index in [2.05, 4.69) is 30.4 Å². The van der Waals surface area contributed by atoms with Gasteiger partial charge >= 0.3 is 6.09 Å². The number of nitrogens with zero attached hydrogens (tertiary/aromatic N) is 1. The van der Waals surface area contributed by atoms with Crippen LogP contribution >= 0.6 is 25.6 Å². The summed E-state index contributed by atoms with van der Waals surface area (Å²) in [5.41, 5.74) is 0. The van der Waals surface area contributed by atoms with Crippen molar-refractivity contribution in [2.75, 3.05) is 13.4 Å². The number of carbonyl (C=O) groups is 1. The minimum atomic E-state index is -0.653. The number of thiol groups is 2. The molecule has 0 bridgehead atoms. The smallest absolute Gasteiger partial charge is 0.421 e. The molecule has 0 aliphatic rings. The van der Waals surface area contributed by atoms with Gasteiger partial charge in [0.15, 0.2) is 6.79 Å². The van der Waals surface area contributed by atoms with E-state index in [1.165, 1.54) is 0 Å². The molecule has 0 atom stereocenters. The van der Waals surface area contributed by atoms with Gasteiger partial charge in [0, 0.05) is 6.61 Å². The van der Waals surface area contributed by atoms with E-state index in [1.807, 2.05) is 0 Å². The molecule has 0 aromatic carbocycles. The maximum atomic E-state index is 10.5. The fourth-order valence-corrected chi connectivity index (χ4v) is 0.349. The zero-order valence-electron chi connectivity index (χ0n) is 5.48. The summed E-state index contributed by atoms with van der Waals surface area (Å²) in [5, 5.41) is 0. The summed E-state index contributed by atoms with van der Waals surface area (Å²) in [7, 11) is 0. The van der Waals surface area contributed by atoms with Gasteiger partial charge in [0.05, 0.1) is 0 Å². The van der Waals surface area contributed by atoms with Crippen LogP contribution < -0.4 is 0 Å². The van der Waals surface area contributed by atoms with E-state index >= 15 is 0 Å². The first-order valence-electron chi connectivity index (χ1n) is 2.60. The first-order chi connectivity index (χ1) is 4.68. The summed E-state index contributed by atoms with van der Waals surface area (Å²) >= 11 is 7.13. The second-order valence-corrected chi connectivity index (χ2v) is 2.43. The van der Waals surface area contributed by atoms with E-state index in [-0.39, 0.29) is 6.79 Å². The summed E-state index contributed by atoms with van der Waals surface area (Å²) in [4.78, 5) is 10.5. The second-order valence-electron chi connectivity index (χ2n) is 1.31. The average Bonchev–Trinajstić information content (AvgIpc) is 1.88. The van der Waals surface area contributed by atoms with Crippen molar-refractivity contribution >= 4 is 31.7 Å². The van der Waals surface area contributed by atoms with Gasteiger partial charge in [-0.2, -0.15) is 3.71 Å². The highest BCUT2D eigenvalue weighted by Crippen LogP contribution is 2.00. The first kappa shape index (κ1) is 9.93. The summed E-state index contributed by atoms with van der Waals surface area (Å²) in [6.07, 6.45) is -0.653. The van der Waals surface area contributed by atoms with Crippen molar-refractivity contribution in [1.82, 2.24) is 3.71 Å². The standard InChI is InChI=1S/C4H9NO3S2/c1-2-7-3-8-4(6)5(9)10/h9-10H,2-3H2,1H3. The number of rotatable bonds is 3. The molecule has 0 rings (SSSR count). The monoisotopic (exact) mass is 183 g/mol. The molecule has 0 fully saturated rings. The Morgan fingerprint density at radius 2 is 2.20 bits per heavy atom. The quantitative estimate of drug-likeness (QED) is 0.391. The van der Waals surface area contributed by atoms with E-state index in [0.717, 1.165) is 3.71 Å². The van der Waals surface area contributed by atoms with Crippen LogP contribution in [0.3, 0.4) is 0 Å². The van der Waals surface area contributed by atoms with Crippen LogP contribution in [-0.4, -0.2) is 23.2 Å². The molecule has 0 radical (unpaired) electrons. The molecule has 10 heavy (non-hydrogen) atoms. The first-order valence-corrected chi connectivity index (χ1v) is 3.40. The van der Waals surface area contributed by atoms with Gasteiger partial charge in [0.2, 0.25) is 0 Å².